The van der Waals surface area contributed by atoms with Gasteiger partial charge < -0.3 is 5.32 Å². The van der Waals surface area contributed by atoms with Gasteiger partial charge in [0.1, 0.15) is 10.7 Å². The van der Waals surface area contributed by atoms with Gasteiger partial charge in [-0.15, -0.1) is 0 Å². The lowest BCUT2D eigenvalue weighted by Crippen LogP contribution is -2.31. The first-order chi connectivity index (χ1) is 12.9. The third kappa shape index (κ3) is 4.04. The molecule has 0 aliphatic carbocycles. The van der Waals surface area contributed by atoms with Gasteiger partial charge in [-0.05, 0) is 37.1 Å². The number of unbranched alkanes of at least 4 members (excludes halogenated alkanes) is 2. The van der Waals surface area contributed by atoms with Gasteiger partial charge in [0, 0.05) is 19.0 Å². The highest BCUT2D eigenvalue weighted by Crippen LogP contribution is 2.39. The van der Waals surface area contributed by atoms with Gasteiger partial charge in [0.2, 0.25) is 5.91 Å². The lowest BCUT2D eigenvalue weighted by molar-refractivity contribution is -0.129. The van der Waals surface area contributed by atoms with Crippen LogP contribution in [0.25, 0.3) is 0 Å². The Morgan fingerprint density at radius 3 is 2.67 bits per heavy atom. The van der Waals surface area contributed by atoms with E-state index in [4.69, 9.17) is 5.21 Å². The Bertz CT molecular complexity index is 949. The molecule has 1 aliphatic rings. The normalized spacial score (nSPS) is 14.5. The van der Waals surface area contributed by atoms with Crippen LogP contribution in [0.3, 0.4) is 0 Å². The summed E-state index contributed by atoms with van der Waals surface area (Å²) in [6.07, 6.45) is 1.72. The second-order valence-electron chi connectivity index (χ2n) is 6.21. The molecule has 0 saturated carbocycles. The number of halogens is 1. The van der Waals surface area contributed by atoms with Crippen LogP contribution in [0.5, 0.6) is 0 Å². The first-order valence-electron chi connectivity index (χ1n) is 8.55. The van der Waals surface area contributed by atoms with Crippen LogP contribution in [-0.4, -0.2) is 26.1 Å². The largest absolute Gasteiger partial charge is 0.353 e. The summed E-state index contributed by atoms with van der Waals surface area (Å²) in [5.74, 6) is -1.01. The molecule has 9 heteroatoms. The fourth-order valence-corrected chi connectivity index (χ4v) is 4.68. The summed E-state index contributed by atoms with van der Waals surface area (Å²) in [4.78, 5) is 11.2. The van der Waals surface area contributed by atoms with E-state index in [0.717, 1.165) is 0 Å². The molecule has 0 bridgehead atoms. The smallest absolute Gasteiger partial charge is 0.266 e. The number of hydrogen-bond acceptors (Lipinski definition) is 5. The molecule has 0 saturated heterocycles. The monoisotopic (exact) mass is 393 g/mol. The minimum atomic E-state index is -3.87. The Hall–Kier alpha value is -2.65. The van der Waals surface area contributed by atoms with Crippen molar-refractivity contribution in [3.05, 3.63) is 48.3 Å². The second-order valence-corrected chi connectivity index (χ2v) is 8.04. The van der Waals surface area contributed by atoms with Crippen molar-refractivity contribution in [3.8, 4) is 0 Å². The van der Waals surface area contributed by atoms with Crippen molar-refractivity contribution in [2.75, 3.05) is 16.2 Å². The predicted molar refractivity (Wildman–Crippen MR) is 99.1 cm³/mol. The molecule has 0 radical (unpaired) electrons. The maximum Gasteiger partial charge on any atom is 0.266 e. The zero-order chi connectivity index (χ0) is 19.4. The topological polar surface area (TPSA) is 98.7 Å². The summed E-state index contributed by atoms with van der Waals surface area (Å²) >= 11 is 0. The van der Waals surface area contributed by atoms with Gasteiger partial charge in [0.15, 0.2) is 0 Å². The fourth-order valence-electron chi connectivity index (χ4n) is 3.02. The second kappa shape index (κ2) is 7.93. The molecule has 144 valence electrons. The summed E-state index contributed by atoms with van der Waals surface area (Å²) in [7, 11) is -3.87. The lowest BCUT2D eigenvalue weighted by Gasteiger charge is -2.24. The van der Waals surface area contributed by atoms with Gasteiger partial charge in [-0.1, -0.05) is 18.6 Å². The first-order valence-corrected chi connectivity index (χ1v) is 9.99. The highest BCUT2D eigenvalue weighted by atomic mass is 32.2. The molecule has 3 N–H and O–H groups in total. The number of hydroxylamine groups is 1. The van der Waals surface area contributed by atoms with Gasteiger partial charge in [-0.3, -0.25) is 14.3 Å². The highest BCUT2D eigenvalue weighted by Gasteiger charge is 2.32. The molecule has 1 heterocycles. The molecule has 0 fully saturated rings. The molecule has 3 rings (SSSR count). The van der Waals surface area contributed by atoms with Crippen molar-refractivity contribution >= 4 is 33.0 Å². The van der Waals surface area contributed by atoms with Crippen LogP contribution in [0.2, 0.25) is 0 Å². The molecule has 0 aromatic heterocycles. The molecule has 1 amide bonds. The van der Waals surface area contributed by atoms with Gasteiger partial charge in [0.05, 0.1) is 17.1 Å². The number of nitrogens with zero attached hydrogens (tertiary/aromatic N) is 1. The number of nitrogens with one attached hydrogen (secondary N) is 2. The van der Waals surface area contributed by atoms with Crippen LogP contribution >= 0.6 is 0 Å². The van der Waals surface area contributed by atoms with E-state index in [9.17, 15) is 17.6 Å². The molecule has 2 aromatic carbocycles. The van der Waals surface area contributed by atoms with E-state index < -0.39 is 21.7 Å². The van der Waals surface area contributed by atoms with E-state index in [1.807, 2.05) is 0 Å². The quantitative estimate of drug-likeness (QED) is 0.398. The SMILES string of the molecule is O=C(CCCCCN1c2cc(F)ccc2Nc2ccccc2S1(=O)=O)NO. The number of sulfonamides is 1. The third-order valence-corrected chi connectivity index (χ3v) is 6.21. The van der Waals surface area contributed by atoms with Crippen molar-refractivity contribution in [1.29, 1.82) is 0 Å². The van der Waals surface area contributed by atoms with E-state index in [0.29, 0.717) is 30.6 Å². The Morgan fingerprint density at radius 1 is 1.11 bits per heavy atom. The van der Waals surface area contributed by atoms with Crippen molar-refractivity contribution in [3.63, 3.8) is 0 Å². The maximum atomic E-state index is 13.8. The minimum Gasteiger partial charge on any atom is -0.353 e. The van der Waals surface area contributed by atoms with E-state index in [-0.39, 0.29) is 23.5 Å². The van der Waals surface area contributed by atoms with E-state index in [2.05, 4.69) is 5.32 Å². The van der Waals surface area contributed by atoms with Crippen molar-refractivity contribution < 1.29 is 22.8 Å². The number of carbonyl (C=O) groups excluding carboxylic acids is 1. The molecule has 0 spiro atoms. The number of hydrogen-bond donors (Lipinski definition) is 3. The van der Waals surface area contributed by atoms with Gasteiger partial charge >= 0.3 is 0 Å². The average molecular weight is 393 g/mol. The van der Waals surface area contributed by atoms with Crippen molar-refractivity contribution in [1.82, 2.24) is 5.48 Å². The first kappa shape index (κ1) is 19.1. The Labute approximate surface area is 156 Å². The van der Waals surface area contributed by atoms with Crippen molar-refractivity contribution in [2.45, 2.75) is 30.6 Å². The summed E-state index contributed by atoms with van der Waals surface area (Å²) in [6, 6.07) is 10.5. The number of anilines is 3. The minimum absolute atomic E-state index is 0.126. The summed E-state index contributed by atoms with van der Waals surface area (Å²) < 4.78 is 41.4. The summed E-state index contributed by atoms with van der Waals surface area (Å²) in [5, 5.41) is 11.6. The van der Waals surface area contributed by atoms with E-state index in [1.165, 1.54) is 28.6 Å². The highest BCUT2D eigenvalue weighted by molar-refractivity contribution is 7.93. The zero-order valence-electron chi connectivity index (χ0n) is 14.5. The van der Waals surface area contributed by atoms with Crippen molar-refractivity contribution in [2.24, 2.45) is 0 Å². The predicted octanol–water partition coefficient (Wildman–Crippen LogP) is 3.14. The third-order valence-electron chi connectivity index (χ3n) is 4.34. The molecule has 0 unspecified atom stereocenters. The number of fused-ring (bicyclic) bond motifs is 2. The molecule has 2 aromatic rings. The van der Waals surface area contributed by atoms with Gasteiger partial charge in [0.25, 0.3) is 10.0 Å². The maximum absolute atomic E-state index is 13.8. The molecule has 7 nitrogen and oxygen atoms in total. The molecular formula is C18H20FN3O4S. The van der Waals surface area contributed by atoms with Crippen LogP contribution < -0.4 is 15.1 Å². The zero-order valence-corrected chi connectivity index (χ0v) is 15.3. The van der Waals surface area contributed by atoms with Crippen LogP contribution in [0.4, 0.5) is 21.5 Å². The number of carbonyl (C=O) groups is 1. The molecule has 0 atom stereocenters. The Kier molecular flexibility index (Phi) is 5.62. The van der Waals surface area contributed by atoms with Crippen LogP contribution in [0, 0.1) is 5.82 Å². The lowest BCUT2D eigenvalue weighted by atomic mass is 10.2. The van der Waals surface area contributed by atoms with Crippen LogP contribution in [0.1, 0.15) is 25.7 Å². The summed E-state index contributed by atoms with van der Waals surface area (Å²) in [6.45, 7) is 0.148. The Balaban J connectivity index is 1.88. The number of rotatable bonds is 6. The van der Waals surface area contributed by atoms with Gasteiger partial charge in [-0.2, -0.15) is 0 Å². The van der Waals surface area contributed by atoms with Crippen LogP contribution in [-0.2, 0) is 14.8 Å². The van der Waals surface area contributed by atoms with E-state index >= 15 is 0 Å². The van der Waals surface area contributed by atoms with E-state index in [1.54, 1.807) is 23.7 Å². The molecule has 27 heavy (non-hydrogen) atoms. The number of benzene rings is 2. The fraction of sp³-hybridized carbons (Fsp3) is 0.278. The Morgan fingerprint density at radius 2 is 1.89 bits per heavy atom. The average Bonchev–Trinajstić information content (AvgIpc) is 2.74. The molecule has 1 aliphatic heterocycles. The standard InChI is InChI=1S/C18H20FN3O4S/c19-13-9-10-14-16(12-13)22(11-5-1-2-8-18(23)21-24)27(25,26)17-7-4-3-6-15(17)20-14/h3-4,6-7,9-10,12,20,24H,1-2,5,8,11H2,(H,21,23). The van der Waals surface area contributed by atoms with Crippen LogP contribution in [0.15, 0.2) is 47.4 Å². The van der Waals surface area contributed by atoms with Gasteiger partial charge in [-0.25, -0.2) is 18.3 Å². The summed E-state index contributed by atoms with van der Waals surface area (Å²) in [5.41, 5.74) is 2.75. The molecular weight excluding hydrogens is 373 g/mol. The number of amides is 1. The number of para-hydroxylation sites is 1.